The number of aromatic nitrogens is 2. The third kappa shape index (κ3) is 3.16. The summed E-state index contributed by atoms with van der Waals surface area (Å²) in [5.74, 6) is 0.336. The topological polar surface area (TPSA) is 34.9 Å². The molecule has 0 aliphatic carbocycles. The van der Waals surface area contributed by atoms with E-state index in [1.807, 2.05) is 25.6 Å². The normalized spacial score (nSPS) is 10.7. The largest absolute Gasteiger partial charge is 0.300 e. The zero-order valence-electron chi connectivity index (χ0n) is 9.51. The van der Waals surface area contributed by atoms with Crippen LogP contribution >= 0.6 is 15.9 Å². The molecule has 1 aromatic heterocycles. The summed E-state index contributed by atoms with van der Waals surface area (Å²) in [6, 6.07) is 0. The Hall–Kier alpha value is -0.640. The molecule has 0 unspecified atom stereocenters. The highest BCUT2D eigenvalue weighted by Crippen LogP contribution is 2.21. The second kappa shape index (κ2) is 5.45. The maximum atomic E-state index is 11.4. The Morgan fingerprint density at radius 1 is 1.47 bits per heavy atom. The molecule has 3 nitrogen and oxygen atoms in total. The molecule has 15 heavy (non-hydrogen) atoms. The van der Waals surface area contributed by atoms with Crippen molar-refractivity contribution in [2.45, 2.75) is 39.5 Å². The third-order valence-corrected chi connectivity index (χ3v) is 3.46. The quantitative estimate of drug-likeness (QED) is 0.826. The second-order valence-electron chi connectivity index (χ2n) is 3.76. The first-order valence-electron chi connectivity index (χ1n) is 5.26. The third-order valence-electron chi connectivity index (χ3n) is 2.43. The van der Waals surface area contributed by atoms with Gasteiger partial charge in [-0.3, -0.25) is 9.48 Å². The van der Waals surface area contributed by atoms with Crippen LogP contribution in [0.3, 0.4) is 0 Å². The van der Waals surface area contributed by atoms with Crippen LogP contribution in [0.1, 0.15) is 37.6 Å². The van der Waals surface area contributed by atoms with E-state index < -0.39 is 0 Å². The Kier molecular flexibility index (Phi) is 4.51. The molecule has 0 saturated heterocycles. The summed E-state index contributed by atoms with van der Waals surface area (Å²) < 4.78 is 2.88. The lowest BCUT2D eigenvalue weighted by Crippen LogP contribution is -2.04. The number of rotatable bonds is 5. The minimum atomic E-state index is 0.336. The van der Waals surface area contributed by atoms with Crippen LogP contribution in [0.15, 0.2) is 4.47 Å². The molecule has 0 spiro atoms. The number of hydrogen-bond acceptors (Lipinski definition) is 2. The van der Waals surface area contributed by atoms with Crippen molar-refractivity contribution in [2.75, 3.05) is 0 Å². The van der Waals surface area contributed by atoms with E-state index in [0.717, 1.165) is 28.7 Å². The monoisotopic (exact) mass is 272 g/mol. The number of aryl methyl sites for hydroxylation is 2. The minimum absolute atomic E-state index is 0.336. The van der Waals surface area contributed by atoms with Gasteiger partial charge in [0.25, 0.3) is 0 Å². The number of halogens is 1. The highest BCUT2D eigenvalue weighted by molar-refractivity contribution is 9.10. The molecule has 0 aliphatic rings. The molecule has 0 saturated carbocycles. The van der Waals surface area contributed by atoms with Crippen LogP contribution in [-0.2, 0) is 18.3 Å². The van der Waals surface area contributed by atoms with Crippen LogP contribution in [0, 0.1) is 6.92 Å². The molecule has 1 heterocycles. The van der Waals surface area contributed by atoms with Gasteiger partial charge in [0.1, 0.15) is 5.78 Å². The Balaban J connectivity index is 2.61. The molecule has 4 heteroatoms. The lowest BCUT2D eigenvalue weighted by molar-refractivity contribution is -0.119. The van der Waals surface area contributed by atoms with Gasteiger partial charge in [-0.15, -0.1) is 0 Å². The van der Waals surface area contributed by atoms with E-state index in [1.54, 1.807) is 0 Å². The Morgan fingerprint density at radius 3 is 2.60 bits per heavy atom. The standard InChI is InChI=1S/C11H17BrN2O/c1-4-5-9(15)6-7-10-11(12)8(2)13-14(10)3/h4-7H2,1-3H3. The van der Waals surface area contributed by atoms with Crippen molar-refractivity contribution < 1.29 is 4.79 Å². The zero-order valence-corrected chi connectivity index (χ0v) is 11.1. The van der Waals surface area contributed by atoms with Crippen LogP contribution in [0.5, 0.6) is 0 Å². The van der Waals surface area contributed by atoms with Gasteiger partial charge in [-0.1, -0.05) is 6.92 Å². The molecule has 0 N–H and O–H groups in total. The maximum Gasteiger partial charge on any atom is 0.133 e. The van der Waals surface area contributed by atoms with Crippen LogP contribution < -0.4 is 0 Å². The molecule has 0 amide bonds. The van der Waals surface area contributed by atoms with Gasteiger partial charge in [-0.2, -0.15) is 5.10 Å². The van der Waals surface area contributed by atoms with E-state index in [9.17, 15) is 4.79 Å². The number of ketones is 1. The molecular weight excluding hydrogens is 256 g/mol. The summed E-state index contributed by atoms with van der Waals surface area (Å²) in [5.41, 5.74) is 2.09. The van der Waals surface area contributed by atoms with Gasteiger partial charge in [-0.05, 0) is 35.7 Å². The van der Waals surface area contributed by atoms with Gasteiger partial charge in [-0.25, -0.2) is 0 Å². The van der Waals surface area contributed by atoms with E-state index in [2.05, 4.69) is 21.0 Å². The summed E-state index contributed by atoms with van der Waals surface area (Å²) in [5, 5.41) is 4.29. The van der Waals surface area contributed by atoms with E-state index in [4.69, 9.17) is 0 Å². The fraction of sp³-hybridized carbons (Fsp3) is 0.636. The van der Waals surface area contributed by atoms with Crippen LogP contribution in [0.4, 0.5) is 0 Å². The lowest BCUT2D eigenvalue weighted by Gasteiger charge is -2.02. The number of carbonyl (C=O) groups is 1. The number of nitrogens with zero attached hydrogens (tertiary/aromatic N) is 2. The summed E-state index contributed by atoms with van der Waals surface area (Å²) in [6.07, 6.45) is 3.01. The molecular formula is C11H17BrN2O. The highest BCUT2D eigenvalue weighted by atomic mass is 79.9. The van der Waals surface area contributed by atoms with Gasteiger partial charge < -0.3 is 0 Å². The van der Waals surface area contributed by atoms with Crippen molar-refractivity contribution in [1.29, 1.82) is 0 Å². The first-order valence-corrected chi connectivity index (χ1v) is 6.05. The van der Waals surface area contributed by atoms with E-state index in [0.29, 0.717) is 18.6 Å². The van der Waals surface area contributed by atoms with Crippen LogP contribution in [0.25, 0.3) is 0 Å². The number of hydrogen-bond donors (Lipinski definition) is 0. The first kappa shape index (κ1) is 12.4. The van der Waals surface area contributed by atoms with Crippen molar-refractivity contribution in [3.63, 3.8) is 0 Å². The number of Topliss-reactive ketones (excluding diaryl/α,β-unsaturated/α-hetero) is 1. The van der Waals surface area contributed by atoms with E-state index in [1.165, 1.54) is 0 Å². The van der Waals surface area contributed by atoms with Gasteiger partial charge in [0.2, 0.25) is 0 Å². The fourth-order valence-corrected chi connectivity index (χ4v) is 2.15. The molecule has 84 valence electrons. The molecule has 0 aromatic carbocycles. The average Bonchev–Trinajstić information content (AvgIpc) is 2.40. The summed E-state index contributed by atoms with van der Waals surface area (Å²) >= 11 is 3.50. The van der Waals surface area contributed by atoms with Crippen molar-refractivity contribution in [3.05, 3.63) is 15.9 Å². The van der Waals surface area contributed by atoms with Crippen LogP contribution in [0.2, 0.25) is 0 Å². The molecule has 0 fully saturated rings. The summed E-state index contributed by atoms with van der Waals surface area (Å²) in [7, 11) is 1.91. The average molecular weight is 273 g/mol. The maximum absolute atomic E-state index is 11.4. The SMILES string of the molecule is CCCC(=O)CCc1c(Br)c(C)nn1C. The molecule has 1 aromatic rings. The highest BCUT2D eigenvalue weighted by Gasteiger charge is 2.11. The van der Waals surface area contributed by atoms with Crippen molar-refractivity contribution in [1.82, 2.24) is 9.78 Å². The molecule has 0 aliphatic heterocycles. The Labute approximate surface area is 99.0 Å². The zero-order chi connectivity index (χ0) is 11.4. The van der Waals surface area contributed by atoms with Crippen molar-refractivity contribution in [2.24, 2.45) is 7.05 Å². The van der Waals surface area contributed by atoms with Gasteiger partial charge in [0.15, 0.2) is 0 Å². The van der Waals surface area contributed by atoms with E-state index >= 15 is 0 Å². The van der Waals surface area contributed by atoms with Crippen LogP contribution in [-0.4, -0.2) is 15.6 Å². The van der Waals surface area contributed by atoms with Gasteiger partial charge >= 0.3 is 0 Å². The predicted molar refractivity (Wildman–Crippen MR) is 63.9 cm³/mol. The lowest BCUT2D eigenvalue weighted by atomic mass is 10.1. The minimum Gasteiger partial charge on any atom is -0.300 e. The van der Waals surface area contributed by atoms with Gasteiger partial charge in [0, 0.05) is 19.9 Å². The van der Waals surface area contributed by atoms with Crippen molar-refractivity contribution >= 4 is 21.7 Å². The van der Waals surface area contributed by atoms with Gasteiger partial charge in [0.05, 0.1) is 15.9 Å². The predicted octanol–water partition coefficient (Wildman–Crippen LogP) is 2.79. The Morgan fingerprint density at radius 2 is 2.13 bits per heavy atom. The summed E-state index contributed by atoms with van der Waals surface area (Å²) in [6.45, 7) is 3.99. The molecule has 1 rings (SSSR count). The number of carbonyl (C=O) groups excluding carboxylic acids is 1. The second-order valence-corrected chi connectivity index (χ2v) is 4.55. The first-order chi connectivity index (χ1) is 7.06. The fourth-order valence-electron chi connectivity index (χ4n) is 1.61. The smallest absolute Gasteiger partial charge is 0.133 e. The molecule has 0 bridgehead atoms. The Bertz CT molecular complexity index is 358. The summed E-state index contributed by atoms with van der Waals surface area (Å²) in [4.78, 5) is 11.4. The van der Waals surface area contributed by atoms with E-state index in [-0.39, 0.29) is 0 Å². The molecule has 0 radical (unpaired) electrons. The van der Waals surface area contributed by atoms with Crippen molar-refractivity contribution in [3.8, 4) is 0 Å². The molecule has 0 atom stereocenters.